The number of nitrogens with one attached hydrogen (secondary N) is 1. The van der Waals surface area contributed by atoms with Gasteiger partial charge in [-0.15, -0.1) is 0 Å². The predicted octanol–water partition coefficient (Wildman–Crippen LogP) is 3.45. The standard InChI is InChI=1S/C16H31N3/c1-7-15-9-16(8-2)19(18-15)14(6)13(5)11-17-10-12(3)4/h9,12-14,17H,7-8,10-11H2,1-6H3. The summed E-state index contributed by atoms with van der Waals surface area (Å²) < 4.78 is 2.24. The van der Waals surface area contributed by atoms with Gasteiger partial charge in [0, 0.05) is 5.69 Å². The molecule has 1 N–H and O–H groups in total. The number of nitrogens with zero attached hydrogens (tertiary/aromatic N) is 2. The first-order valence-corrected chi connectivity index (χ1v) is 7.77. The summed E-state index contributed by atoms with van der Waals surface area (Å²) in [4.78, 5) is 0. The van der Waals surface area contributed by atoms with Gasteiger partial charge in [0.2, 0.25) is 0 Å². The smallest absolute Gasteiger partial charge is 0.0624 e. The minimum atomic E-state index is 0.454. The fourth-order valence-corrected chi connectivity index (χ4v) is 2.29. The molecule has 1 heterocycles. The average Bonchev–Trinajstić information content (AvgIpc) is 2.80. The van der Waals surface area contributed by atoms with Crippen LogP contribution >= 0.6 is 0 Å². The van der Waals surface area contributed by atoms with Crippen LogP contribution in [0.3, 0.4) is 0 Å². The molecule has 1 aromatic rings. The van der Waals surface area contributed by atoms with Gasteiger partial charge in [-0.3, -0.25) is 4.68 Å². The van der Waals surface area contributed by atoms with Gasteiger partial charge >= 0.3 is 0 Å². The molecular formula is C16H31N3. The highest BCUT2D eigenvalue weighted by Gasteiger charge is 2.18. The molecule has 0 amide bonds. The number of aromatic nitrogens is 2. The second kappa shape index (κ2) is 7.68. The Morgan fingerprint density at radius 1 is 1.11 bits per heavy atom. The van der Waals surface area contributed by atoms with E-state index in [-0.39, 0.29) is 0 Å². The zero-order valence-corrected chi connectivity index (χ0v) is 13.5. The normalized spacial score (nSPS) is 14.9. The molecule has 2 unspecified atom stereocenters. The van der Waals surface area contributed by atoms with Crippen LogP contribution in [0, 0.1) is 11.8 Å². The zero-order chi connectivity index (χ0) is 14.4. The van der Waals surface area contributed by atoms with Crippen molar-refractivity contribution < 1.29 is 0 Å². The summed E-state index contributed by atoms with van der Waals surface area (Å²) in [5.41, 5.74) is 2.58. The van der Waals surface area contributed by atoms with Gasteiger partial charge < -0.3 is 5.32 Å². The Balaban J connectivity index is 2.64. The molecule has 3 heteroatoms. The van der Waals surface area contributed by atoms with E-state index in [2.05, 4.69) is 57.6 Å². The largest absolute Gasteiger partial charge is 0.316 e. The Hall–Kier alpha value is -0.830. The number of hydrogen-bond donors (Lipinski definition) is 1. The van der Waals surface area contributed by atoms with E-state index in [9.17, 15) is 0 Å². The molecule has 0 fully saturated rings. The van der Waals surface area contributed by atoms with Crippen LogP contribution in [0.5, 0.6) is 0 Å². The summed E-state index contributed by atoms with van der Waals surface area (Å²) in [5.74, 6) is 1.30. The van der Waals surface area contributed by atoms with Crippen molar-refractivity contribution in [2.24, 2.45) is 11.8 Å². The van der Waals surface area contributed by atoms with Gasteiger partial charge in [-0.05, 0) is 50.8 Å². The SMILES string of the molecule is CCc1cc(CC)n(C(C)C(C)CNCC(C)C)n1. The van der Waals surface area contributed by atoms with Crippen LogP contribution in [0.2, 0.25) is 0 Å². The number of aryl methyl sites for hydroxylation is 2. The summed E-state index contributed by atoms with van der Waals surface area (Å²) in [6.45, 7) is 15.6. The van der Waals surface area contributed by atoms with E-state index in [0.29, 0.717) is 17.9 Å². The molecule has 19 heavy (non-hydrogen) atoms. The minimum absolute atomic E-state index is 0.454. The first-order chi connectivity index (χ1) is 8.99. The second-order valence-electron chi connectivity index (χ2n) is 6.05. The van der Waals surface area contributed by atoms with Gasteiger partial charge in [0.15, 0.2) is 0 Å². The molecule has 0 aliphatic heterocycles. The molecule has 110 valence electrons. The average molecular weight is 265 g/mol. The van der Waals surface area contributed by atoms with Crippen LogP contribution < -0.4 is 5.32 Å². The maximum absolute atomic E-state index is 4.75. The highest BCUT2D eigenvalue weighted by molar-refractivity contribution is 5.11. The molecule has 0 aliphatic carbocycles. The van der Waals surface area contributed by atoms with Crippen molar-refractivity contribution in [3.8, 4) is 0 Å². The monoisotopic (exact) mass is 265 g/mol. The van der Waals surface area contributed by atoms with Crippen molar-refractivity contribution >= 4 is 0 Å². The lowest BCUT2D eigenvalue weighted by Crippen LogP contribution is -2.30. The Morgan fingerprint density at radius 2 is 1.79 bits per heavy atom. The van der Waals surface area contributed by atoms with Gasteiger partial charge in [0.1, 0.15) is 0 Å². The lowest BCUT2D eigenvalue weighted by Gasteiger charge is -2.23. The molecule has 0 spiro atoms. The lowest BCUT2D eigenvalue weighted by molar-refractivity contribution is 0.324. The molecule has 0 bridgehead atoms. The highest BCUT2D eigenvalue weighted by atomic mass is 15.3. The highest BCUT2D eigenvalue weighted by Crippen LogP contribution is 2.20. The Labute approximate surface area is 118 Å². The first-order valence-electron chi connectivity index (χ1n) is 7.77. The molecule has 2 atom stereocenters. The van der Waals surface area contributed by atoms with Crippen molar-refractivity contribution in [2.45, 2.75) is 60.4 Å². The fraction of sp³-hybridized carbons (Fsp3) is 0.812. The van der Waals surface area contributed by atoms with E-state index >= 15 is 0 Å². The van der Waals surface area contributed by atoms with Crippen molar-refractivity contribution in [2.75, 3.05) is 13.1 Å². The molecule has 0 saturated heterocycles. The maximum Gasteiger partial charge on any atom is 0.0624 e. The molecule has 3 nitrogen and oxygen atoms in total. The van der Waals surface area contributed by atoms with Crippen molar-refractivity contribution in [3.63, 3.8) is 0 Å². The van der Waals surface area contributed by atoms with Crippen LogP contribution in [0.25, 0.3) is 0 Å². The van der Waals surface area contributed by atoms with Crippen molar-refractivity contribution in [3.05, 3.63) is 17.5 Å². The third-order valence-electron chi connectivity index (χ3n) is 3.82. The molecule has 0 aromatic carbocycles. The molecule has 1 rings (SSSR count). The van der Waals surface area contributed by atoms with Gasteiger partial charge in [-0.2, -0.15) is 5.10 Å². The van der Waals surface area contributed by atoms with Gasteiger partial charge in [0.05, 0.1) is 11.7 Å². The summed E-state index contributed by atoms with van der Waals surface area (Å²) in [7, 11) is 0. The first kappa shape index (κ1) is 16.2. The summed E-state index contributed by atoms with van der Waals surface area (Å²) >= 11 is 0. The van der Waals surface area contributed by atoms with Crippen LogP contribution in [-0.4, -0.2) is 22.9 Å². The fourth-order valence-electron chi connectivity index (χ4n) is 2.29. The second-order valence-corrected chi connectivity index (χ2v) is 6.05. The Bertz CT molecular complexity index is 368. The molecule has 0 aliphatic rings. The Morgan fingerprint density at radius 3 is 2.32 bits per heavy atom. The third-order valence-corrected chi connectivity index (χ3v) is 3.82. The lowest BCUT2D eigenvalue weighted by atomic mass is 10.0. The van der Waals surface area contributed by atoms with Crippen LogP contribution in [0.1, 0.15) is 59.0 Å². The minimum Gasteiger partial charge on any atom is -0.316 e. The van der Waals surface area contributed by atoms with Crippen LogP contribution in [0.15, 0.2) is 6.07 Å². The molecular weight excluding hydrogens is 234 g/mol. The van der Waals surface area contributed by atoms with Crippen LogP contribution in [-0.2, 0) is 12.8 Å². The van der Waals surface area contributed by atoms with Gasteiger partial charge in [-0.25, -0.2) is 0 Å². The molecule has 0 saturated carbocycles. The van der Waals surface area contributed by atoms with E-state index in [1.54, 1.807) is 0 Å². The van der Waals surface area contributed by atoms with Crippen molar-refractivity contribution in [1.82, 2.24) is 15.1 Å². The quantitative estimate of drug-likeness (QED) is 0.780. The van der Waals surface area contributed by atoms with E-state index < -0.39 is 0 Å². The summed E-state index contributed by atoms with van der Waals surface area (Å²) in [6, 6.07) is 2.71. The van der Waals surface area contributed by atoms with Gasteiger partial charge in [0.25, 0.3) is 0 Å². The van der Waals surface area contributed by atoms with Gasteiger partial charge in [-0.1, -0.05) is 34.6 Å². The number of rotatable bonds is 8. The van der Waals surface area contributed by atoms with Crippen molar-refractivity contribution in [1.29, 1.82) is 0 Å². The zero-order valence-electron chi connectivity index (χ0n) is 13.5. The number of hydrogen-bond acceptors (Lipinski definition) is 2. The van der Waals surface area contributed by atoms with E-state index in [0.717, 1.165) is 25.9 Å². The predicted molar refractivity (Wildman–Crippen MR) is 82.6 cm³/mol. The third kappa shape index (κ3) is 4.64. The summed E-state index contributed by atoms with van der Waals surface area (Å²) in [6.07, 6.45) is 2.08. The van der Waals surface area contributed by atoms with Crippen LogP contribution in [0.4, 0.5) is 0 Å². The summed E-state index contributed by atoms with van der Waals surface area (Å²) in [5, 5.41) is 8.31. The van der Waals surface area contributed by atoms with E-state index in [4.69, 9.17) is 5.10 Å². The molecule has 1 aromatic heterocycles. The topological polar surface area (TPSA) is 29.9 Å². The van der Waals surface area contributed by atoms with E-state index in [1.165, 1.54) is 11.4 Å². The Kier molecular flexibility index (Phi) is 6.56. The van der Waals surface area contributed by atoms with E-state index in [1.807, 2.05) is 0 Å². The maximum atomic E-state index is 4.75. The molecule has 0 radical (unpaired) electrons.